The summed E-state index contributed by atoms with van der Waals surface area (Å²) >= 11 is 0. The van der Waals surface area contributed by atoms with Crippen LogP contribution in [-0.4, -0.2) is 37.6 Å². The standard InChI is InChI=1S/C13H15N3O2/c1-16(6-7-17)11-4-2-10(3-5-11)8-12-13(18)15-9-14-12/h2-5,8-9,17H,6-7H2,1H3,(H,14,15,18). The highest BCUT2D eigenvalue weighted by atomic mass is 16.3. The Bertz CT molecular complexity index is 491. The highest BCUT2D eigenvalue weighted by Gasteiger charge is 2.11. The third kappa shape index (κ3) is 2.75. The van der Waals surface area contributed by atoms with E-state index in [0.29, 0.717) is 12.2 Å². The summed E-state index contributed by atoms with van der Waals surface area (Å²) in [4.78, 5) is 17.2. The van der Waals surface area contributed by atoms with Crippen molar-refractivity contribution in [2.75, 3.05) is 25.1 Å². The smallest absolute Gasteiger partial charge is 0.275 e. The van der Waals surface area contributed by atoms with Crippen LogP contribution in [-0.2, 0) is 4.79 Å². The van der Waals surface area contributed by atoms with E-state index in [4.69, 9.17) is 5.11 Å². The van der Waals surface area contributed by atoms with E-state index in [0.717, 1.165) is 11.3 Å². The number of likely N-dealkylation sites (N-methyl/N-ethyl adjacent to an activating group) is 1. The molecule has 5 heteroatoms. The van der Waals surface area contributed by atoms with Crippen molar-refractivity contribution in [2.45, 2.75) is 0 Å². The van der Waals surface area contributed by atoms with Crippen LogP contribution in [0.5, 0.6) is 0 Å². The number of carbonyl (C=O) groups excluding carboxylic acids is 1. The molecule has 0 aromatic heterocycles. The number of nitrogens with zero attached hydrogens (tertiary/aromatic N) is 2. The quantitative estimate of drug-likeness (QED) is 0.764. The fraction of sp³-hybridized carbons (Fsp3) is 0.231. The number of carbonyl (C=O) groups is 1. The Kier molecular flexibility index (Phi) is 3.74. The number of hydrogen-bond acceptors (Lipinski definition) is 4. The first kappa shape index (κ1) is 12.3. The minimum atomic E-state index is -0.184. The molecule has 0 spiro atoms. The third-order valence-electron chi connectivity index (χ3n) is 2.70. The zero-order chi connectivity index (χ0) is 13.0. The van der Waals surface area contributed by atoms with Crippen LogP contribution in [0.4, 0.5) is 5.69 Å². The van der Waals surface area contributed by atoms with Gasteiger partial charge in [0.05, 0.1) is 12.9 Å². The van der Waals surface area contributed by atoms with Gasteiger partial charge in [-0.25, -0.2) is 4.99 Å². The molecule has 0 aliphatic carbocycles. The lowest BCUT2D eigenvalue weighted by Gasteiger charge is -2.17. The number of amides is 1. The van der Waals surface area contributed by atoms with Gasteiger partial charge in [-0.3, -0.25) is 4.79 Å². The molecule has 0 atom stereocenters. The average Bonchev–Trinajstić information content (AvgIpc) is 2.76. The van der Waals surface area contributed by atoms with Crippen molar-refractivity contribution in [3.63, 3.8) is 0 Å². The van der Waals surface area contributed by atoms with Gasteiger partial charge in [-0.1, -0.05) is 12.1 Å². The van der Waals surface area contributed by atoms with Crippen molar-refractivity contribution in [1.82, 2.24) is 5.32 Å². The molecule has 1 aliphatic rings. The molecule has 18 heavy (non-hydrogen) atoms. The van der Waals surface area contributed by atoms with Gasteiger partial charge in [0.2, 0.25) is 0 Å². The monoisotopic (exact) mass is 245 g/mol. The molecule has 0 saturated heterocycles. The molecule has 0 fully saturated rings. The molecule has 94 valence electrons. The minimum Gasteiger partial charge on any atom is -0.395 e. The van der Waals surface area contributed by atoms with Crippen molar-refractivity contribution in [2.24, 2.45) is 4.99 Å². The molecule has 0 unspecified atom stereocenters. The van der Waals surface area contributed by atoms with E-state index in [1.165, 1.54) is 6.34 Å². The van der Waals surface area contributed by atoms with Crippen LogP contribution < -0.4 is 10.2 Å². The predicted molar refractivity (Wildman–Crippen MR) is 71.4 cm³/mol. The lowest BCUT2D eigenvalue weighted by molar-refractivity contribution is -0.115. The maximum atomic E-state index is 11.3. The number of aliphatic hydroxyl groups excluding tert-OH is 1. The minimum absolute atomic E-state index is 0.122. The van der Waals surface area contributed by atoms with Crippen molar-refractivity contribution in [1.29, 1.82) is 0 Å². The Hall–Kier alpha value is -2.14. The summed E-state index contributed by atoms with van der Waals surface area (Å²) in [6.07, 6.45) is 3.12. The number of aliphatic hydroxyl groups is 1. The van der Waals surface area contributed by atoms with E-state index in [2.05, 4.69) is 10.3 Å². The number of hydrogen-bond donors (Lipinski definition) is 2. The molecular formula is C13H15N3O2. The highest BCUT2D eigenvalue weighted by Crippen LogP contribution is 2.16. The molecule has 0 saturated carbocycles. The Balaban J connectivity index is 2.13. The van der Waals surface area contributed by atoms with Gasteiger partial charge in [-0.15, -0.1) is 0 Å². The Morgan fingerprint density at radius 1 is 1.39 bits per heavy atom. The second-order valence-electron chi connectivity index (χ2n) is 4.00. The fourth-order valence-corrected chi connectivity index (χ4v) is 1.66. The molecular weight excluding hydrogens is 230 g/mol. The summed E-state index contributed by atoms with van der Waals surface area (Å²) in [7, 11) is 1.92. The molecule has 0 bridgehead atoms. The van der Waals surface area contributed by atoms with Gasteiger partial charge in [0.15, 0.2) is 0 Å². The van der Waals surface area contributed by atoms with Crippen LogP contribution in [0, 0.1) is 0 Å². The first-order valence-corrected chi connectivity index (χ1v) is 5.68. The molecule has 1 aliphatic heterocycles. The second-order valence-corrected chi connectivity index (χ2v) is 4.00. The zero-order valence-corrected chi connectivity index (χ0v) is 10.1. The summed E-state index contributed by atoms with van der Waals surface area (Å²) in [5, 5.41) is 11.4. The summed E-state index contributed by atoms with van der Waals surface area (Å²) in [6.45, 7) is 0.713. The van der Waals surface area contributed by atoms with E-state index in [1.54, 1.807) is 6.08 Å². The van der Waals surface area contributed by atoms with E-state index < -0.39 is 0 Å². The highest BCUT2D eigenvalue weighted by molar-refractivity contribution is 6.08. The molecule has 0 radical (unpaired) electrons. The van der Waals surface area contributed by atoms with Gasteiger partial charge in [0.25, 0.3) is 5.91 Å². The average molecular weight is 245 g/mol. The Morgan fingerprint density at radius 3 is 2.67 bits per heavy atom. The van der Waals surface area contributed by atoms with E-state index >= 15 is 0 Å². The Labute approximate surface area is 105 Å². The van der Waals surface area contributed by atoms with Crippen molar-refractivity contribution >= 4 is 24.0 Å². The van der Waals surface area contributed by atoms with Gasteiger partial charge in [0.1, 0.15) is 5.70 Å². The van der Waals surface area contributed by atoms with Crippen LogP contribution in [0.3, 0.4) is 0 Å². The number of benzene rings is 1. The first-order chi connectivity index (χ1) is 8.70. The lowest BCUT2D eigenvalue weighted by atomic mass is 10.1. The molecule has 5 nitrogen and oxygen atoms in total. The van der Waals surface area contributed by atoms with Gasteiger partial charge in [-0.2, -0.15) is 0 Å². The topological polar surface area (TPSA) is 64.9 Å². The fourth-order valence-electron chi connectivity index (χ4n) is 1.66. The van der Waals surface area contributed by atoms with E-state index in [1.807, 2.05) is 36.2 Å². The predicted octanol–water partition coefficient (Wildman–Crippen LogP) is 0.614. The van der Waals surface area contributed by atoms with E-state index in [-0.39, 0.29) is 12.5 Å². The van der Waals surface area contributed by atoms with Crippen LogP contribution in [0.15, 0.2) is 35.0 Å². The van der Waals surface area contributed by atoms with E-state index in [9.17, 15) is 4.79 Å². The van der Waals surface area contributed by atoms with Gasteiger partial charge in [0, 0.05) is 19.3 Å². The summed E-state index contributed by atoms with van der Waals surface area (Å²) < 4.78 is 0. The number of rotatable bonds is 4. The molecule has 2 N–H and O–H groups in total. The first-order valence-electron chi connectivity index (χ1n) is 5.68. The van der Waals surface area contributed by atoms with Crippen LogP contribution in [0.2, 0.25) is 0 Å². The van der Waals surface area contributed by atoms with Gasteiger partial charge < -0.3 is 15.3 Å². The zero-order valence-electron chi connectivity index (χ0n) is 10.1. The normalized spacial score (nSPS) is 16.1. The number of nitrogens with one attached hydrogen (secondary N) is 1. The summed E-state index contributed by atoms with van der Waals surface area (Å²) in [5.41, 5.74) is 2.34. The van der Waals surface area contributed by atoms with Gasteiger partial charge >= 0.3 is 0 Å². The largest absolute Gasteiger partial charge is 0.395 e. The van der Waals surface area contributed by atoms with Crippen molar-refractivity contribution < 1.29 is 9.90 Å². The van der Waals surface area contributed by atoms with Crippen LogP contribution in [0.25, 0.3) is 6.08 Å². The maximum Gasteiger partial charge on any atom is 0.275 e. The van der Waals surface area contributed by atoms with Crippen molar-refractivity contribution in [3.05, 3.63) is 35.5 Å². The molecule has 1 aromatic carbocycles. The summed E-state index contributed by atoms with van der Waals surface area (Å²) in [6, 6.07) is 7.71. The number of aliphatic imine (C=N–C) groups is 1. The van der Waals surface area contributed by atoms with Gasteiger partial charge in [-0.05, 0) is 23.8 Å². The molecule has 1 heterocycles. The molecule has 2 rings (SSSR count). The molecule has 1 amide bonds. The lowest BCUT2D eigenvalue weighted by Crippen LogP contribution is -2.20. The summed E-state index contributed by atoms with van der Waals surface area (Å²) in [5.74, 6) is -0.184. The number of anilines is 1. The third-order valence-corrected chi connectivity index (χ3v) is 2.70. The van der Waals surface area contributed by atoms with Crippen LogP contribution in [0.1, 0.15) is 5.56 Å². The van der Waals surface area contributed by atoms with Crippen LogP contribution >= 0.6 is 0 Å². The second kappa shape index (κ2) is 5.46. The molecule has 1 aromatic rings. The SMILES string of the molecule is CN(CCO)c1ccc(C=C2N=CNC2=O)cc1. The Morgan fingerprint density at radius 2 is 2.11 bits per heavy atom. The van der Waals surface area contributed by atoms with Crippen molar-refractivity contribution in [3.8, 4) is 0 Å². The maximum absolute atomic E-state index is 11.3.